The van der Waals surface area contributed by atoms with Gasteiger partial charge in [-0.3, -0.25) is 0 Å². The number of imidazole rings is 1. The maximum atomic E-state index is 14.0. The van der Waals surface area contributed by atoms with Crippen LogP contribution in [0.2, 0.25) is 0 Å². The molecule has 20 heavy (non-hydrogen) atoms. The molecule has 4 nitrogen and oxygen atoms in total. The molecule has 0 bridgehead atoms. The van der Waals surface area contributed by atoms with E-state index >= 15 is 0 Å². The average Bonchev–Trinajstić information content (AvgIpc) is 2.88. The Balaban J connectivity index is 2.20. The molecule has 0 aliphatic rings. The van der Waals surface area contributed by atoms with Crippen LogP contribution >= 0.6 is 0 Å². The van der Waals surface area contributed by atoms with Crippen LogP contribution in [0.15, 0.2) is 36.4 Å². The van der Waals surface area contributed by atoms with Gasteiger partial charge in [0.15, 0.2) is 0 Å². The molecule has 3 aromatic rings. The van der Waals surface area contributed by atoms with E-state index in [4.69, 9.17) is 10.5 Å². The third-order valence-corrected chi connectivity index (χ3v) is 3.21. The van der Waals surface area contributed by atoms with E-state index < -0.39 is 0 Å². The second-order valence-electron chi connectivity index (χ2n) is 4.46. The second-order valence-corrected chi connectivity index (χ2v) is 4.46. The third kappa shape index (κ3) is 2.02. The van der Waals surface area contributed by atoms with Crippen LogP contribution in [0.25, 0.3) is 22.4 Å². The zero-order valence-electron chi connectivity index (χ0n) is 11.0. The molecule has 5 heteroatoms. The number of nitrogens with one attached hydrogen (secondary N) is 1. The highest BCUT2D eigenvalue weighted by Crippen LogP contribution is 2.31. The molecule has 0 unspecified atom stereocenters. The van der Waals surface area contributed by atoms with Gasteiger partial charge < -0.3 is 15.5 Å². The molecule has 2 aromatic carbocycles. The largest absolute Gasteiger partial charge is 0.496 e. The summed E-state index contributed by atoms with van der Waals surface area (Å²) in [5, 5.41) is 0. The smallest absolute Gasteiger partial charge is 0.145 e. The summed E-state index contributed by atoms with van der Waals surface area (Å²) < 4.78 is 19.2. The number of rotatable bonds is 3. The topological polar surface area (TPSA) is 63.9 Å². The molecule has 102 valence electrons. The third-order valence-electron chi connectivity index (χ3n) is 3.21. The van der Waals surface area contributed by atoms with E-state index in [0.29, 0.717) is 23.7 Å². The highest BCUT2D eigenvalue weighted by Gasteiger charge is 2.15. The van der Waals surface area contributed by atoms with Crippen LogP contribution in [0.3, 0.4) is 0 Å². The van der Waals surface area contributed by atoms with Gasteiger partial charge in [0.1, 0.15) is 17.4 Å². The van der Waals surface area contributed by atoms with E-state index in [1.54, 1.807) is 12.1 Å². The van der Waals surface area contributed by atoms with Crippen molar-refractivity contribution in [2.24, 2.45) is 5.73 Å². The molecular formula is C15H14FN3O. The molecule has 0 spiro atoms. The van der Waals surface area contributed by atoms with Crippen molar-refractivity contribution in [3.8, 4) is 17.1 Å². The van der Waals surface area contributed by atoms with E-state index in [1.807, 2.05) is 18.2 Å². The Kier molecular flexibility index (Phi) is 3.12. The van der Waals surface area contributed by atoms with Crippen molar-refractivity contribution >= 4 is 11.0 Å². The minimum atomic E-state index is -0.373. The molecule has 0 saturated heterocycles. The lowest BCUT2D eigenvalue weighted by molar-refractivity contribution is 0.413. The second kappa shape index (κ2) is 4.94. The molecule has 1 heterocycles. The normalized spacial score (nSPS) is 10.9. The molecule has 1 aromatic heterocycles. The minimum absolute atomic E-state index is 0.334. The summed E-state index contributed by atoms with van der Waals surface area (Å²) >= 11 is 0. The molecule has 0 aliphatic carbocycles. The van der Waals surface area contributed by atoms with Gasteiger partial charge in [-0.2, -0.15) is 0 Å². The molecule has 3 N–H and O–H groups in total. The SMILES string of the molecule is COc1cccc(F)c1-c1nc2ccc(CN)cc2[nH]1. The predicted octanol–water partition coefficient (Wildman–Crippen LogP) is 2.84. The Morgan fingerprint density at radius 1 is 1.30 bits per heavy atom. The van der Waals surface area contributed by atoms with Gasteiger partial charge >= 0.3 is 0 Å². The number of halogens is 1. The number of nitrogens with two attached hydrogens (primary N) is 1. The van der Waals surface area contributed by atoms with Crippen molar-refractivity contribution in [1.29, 1.82) is 0 Å². The van der Waals surface area contributed by atoms with Gasteiger partial charge in [0, 0.05) is 6.54 Å². The monoisotopic (exact) mass is 271 g/mol. The van der Waals surface area contributed by atoms with Crippen LogP contribution in [0.5, 0.6) is 5.75 Å². The lowest BCUT2D eigenvalue weighted by Crippen LogP contribution is -1.95. The van der Waals surface area contributed by atoms with Gasteiger partial charge in [-0.1, -0.05) is 12.1 Å². The quantitative estimate of drug-likeness (QED) is 0.770. The summed E-state index contributed by atoms with van der Waals surface area (Å²) in [7, 11) is 1.51. The van der Waals surface area contributed by atoms with Crippen molar-refractivity contribution in [2.75, 3.05) is 7.11 Å². The fourth-order valence-corrected chi connectivity index (χ4v) is 2.21. The van der Waals surface area contributed by atoms with Crippen LogP contribution < -0.4 is 10.5 Å². The fourth-order valence-electron chi connectivity index (χ4n) is 2.21. The van der Waals surface area contributed by atoms with Crippen LogP contribution in [0.4, 0.5) is 4.39 Å². The van der Waals surface area contributed by atoms with Gasteiger partial charge in [0.25, 0.3) is 0 Å². The first-order valence-electron chi connectivity index (χ1n) is 6.24. The number of aromatic nitrogens is 2. The predicted molar refractivity (Wildman–Crippen MR) is 75.9 cm³/mol. The molecule has 0 amide bonds. The Labute approximate surface area is 115 Å². The van der Waals surface area contributed by atoms with E-state index in [2.05, 4.69) is 9.97 Å². The fraction of sp³-hybridized carbons (Fsp3) is 0.133. The lowest BCUT2D eigenvalue weighted by Gasteiger charge is -2.06. The standard InChI is InChI=1S/C15H14FN3O/c1-20-13-4-2-3-10(16)14(13)15-18-11-6-5-9(8-17)7-12(11)19-15/h2-7H,8,17H2,1H3,(H,18,19). The van der Waals surface area contributed by atoms with Crippen LogP contribution in [0.1, 0.15) is 5.56 Å². The highest BCUT2D eigenvalue weighted by molar-refractivity contribution is 5.81. The van der Waals surface area contributed by atoms with Crippen molar-refractivity contribution < 1.29 is 9.13 Å². The van der Waals surface area contributed by atoms with E-state index in [-0.39, 0.29) is 5.82 Å². The summed E-state index contributed by atoms with van der Waals surface area (Å²) in [5.74, 6) is 0.523. The summed E-state index contributed by atoms with van der Waals surface area (Å²) in [5.41, 5.74) is 8.54. The highest BCUT2D eigenvalue weighted by atomic mass is 19.1. The first kappa shape index (κ1) is 12.6. The summed E-state index contributed by atoms with van der Waals surface area (Å²) in [6, 6.07) is 10.4. The van der Waals surface area contributed by atoms with Crippen LogP contribution in [0, 0.1) is 5.82 Å². The Bertz CT molecular complexity index is 767. The number of nitrogens with zero attached hydrogens (tertiary/aromatic N) is 1. The number of hydrogen-bond donors (Lipinski definition) is 2. The summed E-state index contributed by atoms with van der Waals surface area (Å²) in [6.07, 6.45) is 0. The Hall–Kier alpha value is -2.40. The molecule has 0 radical (unpaired) electrons. The molecule has 0 atom stereocenters. The van der Waals surface area contributed by atoms with Gasteiger partial charge in [-0.05, 0) is 29.8 Å². The van der Waals surface area contributed by atoms with Gasteiger partial charge in [-0.25, -0.2) is 9.37 Å². The first-order chi connectivity index (χ1) is 9.72. The summed E-state index contributed by atoms with van der Waals surface area (Å²) in [6.45, 7) is 0.452. The number of hydrogen-bond acceptors (Lipinski definition) is 3. The van der Waals surface area contributed by atoms with E-state index in [1.165, 1.54) is 13.2 Å². The molecule has 3 rings (SSSR count). The van der Waals surface area contributed by atoms with Gasteiger partial charge in [-0.15, -0.1) is 0 Å². The summed E-state index contributed by atoms with van der Waals surface area (Å²) in [4.78, 5) is 7.53. The first-order valence-corrected chi connectivity index (χ1v) is 6.24. The zero-order chi connectivity index (χ0) is 14.1. The van der Waals surface area contributed by atoms with Crippen molar-refractivity contribution in [3.05, 3.63) is 47.8 Å². The Morgan fingerprint density at radius 3 is 2.90 bits per heavy atom. The van der Waals surface area contributed by atoms with Crippen molar-refractivity contribution in [1.82, 2.24) is 9.97 Å². The number of ether oxygens (including phenoxy) is 1. The number of benzene rings is 2. The van der Waals surface area contributed by atoms with Crippen molar-refractivity contribution in [2.45, 2.75) is 6.54 Å². The number of fused-ring (bicyclic) bond motifs is 1. The molecule has 0 saturated carbocycles. The number of methoxy groups -OCH3 is 1. The maximum absolute atomic E-state index is 14.0. The molecule has 0 fully saturated rings. The van der Waals surface area contributed by atoms with E-state index in [9.17, 15) is 4.39 Å². The van der Waals surface area contributed by atoms with E-state index in [0.717, 1.165) is 16.6 Å². The number of aromatic amines is 1. The Morgan fingerprint density at radius 2 is 2.15 bits per heavy atom. The average molecular weight is 271 g/mol. The molecule has 0 aliphatic heterocycles. The van der Waals surface area contributed by atoms with Crippen molar-refractivity contribution in [3.63, 3.8) is 0 Å². The maximum Gasteiger partial charge on any atom is 0.145 e. The minimum Gasteiger partial charge on any atom is -0.496 e. The van der Waals surface area contributed by atoms with Gasteiger partial charge in [0.05, 0.1) is 23.7 Å². The zero-order valence-corrected chi connectivity index (χ0v) is 11.0. The number of H-pyrrole nitrogens is 1. The lowest BCUT2D eigenvalue weighted by atomic mass is 10.2. The van der Waals surface area contributed by atoms with Gasteiger partial charge in [0.2, 0.25) is 0 Å². The molecular weight excluding hydrogens is 257 g/mol. The van der Waals surface area contributed by atoms with Crippen LogP contribution in [-0.2, 0) is 6.54 Å². The van der Waals surface area contributed by atoms with Crippen LogP contribution in [-0.4, -0.2) is 17.1 Å².